The molecule has 1 aromatic heterocycles. The van der Waals surface area contributed by atoms with Crippen molar-refractivity contribution in [3.8, 4) is 5.75 Å². The fourth-order valence-corrected chi connectivity index (χ4v) is 3.54. The van der Waals surface area contributed by atoms with Crippen LogP contribution in [0.15, 0.2) is 35.7 Å². The highest BCUT2D eigenvalue weighted by Crippen LogP contribution is 2.23. The third-order valence-corrected chi connectivity index (χ3v) is 5.20. The molecule has 1 aromatic carbocycles. The molecule has 2 unspecified atom stereocenters. The molecule has 3 N–H and O–H groups in total. The van der Waals surface area contributed by atoms with E-state index in [4.69, 9.17) is 19.9 Å². The summed E-state index contributed by atoms with van der Waals surface area (Å²) in [6, 6.07) is 7.99. The molecule has 1 saturated heterocycles. The molecule has 1 aliphatic heterocycles. The second kappa shape index (κ2) is 9.53. The Morgan fingerprint density at radius 2 is 2.03 bits per heavy atom. The van der Waals surface area contributed by atoms with Crippen LogP contribution in [0, 0.1) is 0 Å². The first-order valence-corrected chi connectivity index (χ1v) is 10.1. The van der Waals surface area contributed by atoms with Gasteiger partial charge in [-0.3, -0.25) is 9.59 Å². The summed E-state index contributed by atoms with van der Waals surface area (Å²) in [5.41, 5.74) is 5.75. The third kappa shape index (κ3) is 5.55. The van der Waals surface area contributed by atoms with Gasteiger partial charge >= 0.3 is 5.97 Å². The van der Waals surface area contributed by atoms with Gasteiger partial charge in [-0.05, 0) is 55.5 Å². The Bertz CT molecular complexity index is 873. The van der Waals surface area contributed by atoms with Gasteiger partial charge in [-0.2, -0.15) is 0 Å². The molecule has 9 heteroatoms. The first-order chi connectivity index (χ1) is 13.9. The van der Waals surface area contributed by atoms with Crippen LogP contribution in [-0.2, 0) is 14.3 Å². The zero-order valence-corrected chi connectivity index (χ0v) is 16.7. The van der Waals surface area contributed by atoms with Gasteiger partial charge in [0.2, 0.25) is 0 Å². The number of carbonyl (C=O) groups excluding carboxylic acids is 3. The number of ether oxygens (including phenoxy) is 3. The van der Waals surface area contributed by atoms with E-state index >= 15 is 0 Å². The number of anilines is 1. The molecule has 8 nitrogen and oxygen atoms in total. The van der Waals surface area contributed by atoms with Crippen LogP contribution in [0.2, 0.25) is 0 Å². The predicted octanol–water partition coefficient (Wildman–Crippen LogP) is 2.59. The highest BCUT2D eigenvalue weighted by molar-refractivity contribution is 7.14. The van der Waals surface area contributed by atoms with Crippen molar-refractivity contribution in [2.24, 2.45) is 5.73 Å². The van der Waals surface area contributed by atoms with Gasteiger partial charge in [-0.25, -0.2) is 4.79 Å². The van der Waals surface area contributed by atoms with Crippen molar-refractivity contribution in [1.82, 2.24) is 0 Å². The van der Waals surface area contributed by atoms with E-state index in [-0.39, 0.29) is 11.7 Å². The molecule has 2 amide bonds. The molecule has 3 rings (SSSR count). The number of rotatable bonds is 8. The van der Waals surface area contributed by atoms with Gasteiger partial charge in [0.1, 0.15) is 17.4 Å². The smallest absolute Gasteiger partial charge is 0.338 e. The zero-order chi connectivity index (χ0) is 20.8. The Morgan fingerprint density at radius 1 is 1.28 bits per heavy atom. The predicted molar refractivity (Wildman–Crippen MR) is 107 cm³/mol. The molecular weight excluding hydrogens is 396 g/mol. The quantitative estimate of drug-likeness (QED) is 0.637. The summed E-state index contributed by atoms with van der Waals surface area (Å²) in [4.78, 5) is 35.9. The number of hydrogen-bond acceptors (Lipinski definition) is 7. The molecular formula is C20H22N2O6S. The molecule has 2 heterocycles. The second-order valence-electron chi connectivity index (χ2n) is 6.53. The molecule has 1 fully saturated rings. The van der Waals surface area contributed by atoms with E-state index in [9.17, 15) is 14.4 Å². The van der Waals surface area contributed by atoms with Crippen LogP contribution < -0.4 is 15.8 Å². The van der Waals surface area contributed by atoms with Crippen LogP contribution >= 0.6 is 11.3 Å². The van der Waals surface area contributed by atoms with Gasteiger partial charge in [-0.15, -0.1) is 11.3 Å². The molecule has 0 bridgehead atoms. The monoisotopic (exact) mass is 418 g/mol. The van der Waals surface area contributed by atoms with Crippen LogP contribution in [0.3, 0.4) is 0 Å². The second-order valence-corrected chi connectivity index (χ2v) is 7.45. The van der Waals surface area contributed by atoms with Crippen molar-refractivity contribution in [3.63, 3.8) is 0 Å². The van der Waals surface area contributed by atoms with Crippen LogP contribution in [-0.4, -0.2) is 43.2 Å². The van der Waals surface area contributed by atoms with E-state index in [0.717, 1.165) is 30.8 Å². The minimum atomic E-state index is -1.05. The highest BCUT2D eigenvalue weighted by atomic mass is 32.1. The lowest BCUT2D eigenvalue weighted by atomic mass is 10.2. The lowest BCUT2D eigenvalue weighted by Gasteiger charge is -2.14. The molecule has 29 heavy (non-hydrogen) atoms. The van der Waals surface area contributed by atoms with Crippen molar-refractivity contribution in [2.75, 3.05) is 18.5 Å². The van der Waals surface area contributed by atoms with E-state index in [2.05, 4.69) is 5.32 Å². The number of amides is 2. The molecule has 0 aliphatic carbocycles. The summed E-state index contributed by atoms with van der Waals surface area (Å²) in [6.07, 6.45) is 1.08. The number of benzene rings is 1. The molecule has 0 saturated carbocycles. The van der Waals surface area contributed by atoms with Crippen LogP contribution in [0.1, 0.15) is 40.5 Å². The summed E-state index contributed by atoms with van der Waals surface area (Å²) >= 11 is 1.16. The Balaban J connectivity index is 1.51. The van der Waals surface area contributed by atoms with E-state index in [1.54, 1.807) is 29.6 Å². The molecule has 2 atom stereocenters. The number of esters is 1. The average molecular weight is 418 g/mol. The van der Waals surface area contributed by atoms with Crippen LogP contribution in [0.4, 0.5) is 5.00 Å². The van der Waals surface area contributed by atoms with Gasteiger partial charge < -0.3 is 25.3 Å². The maximum absolute atomic E-state index is 12.3. The lowest BCUT2D eigenvalue weighted by molar-refractivity contribution is -0.123. The molecule has 154 valence electrons. The van der Waals surface area contributed by atoms with E-state index in [1.165, 1.54) is 13.0 Å². The van der Waals surface area contributed by atoms with Crippen molar-refractivity contribution in [3.05, 3.63) is 46.8 Å². The zero-order valence-electron chi connectivity index (χ0n) is 15.9. The number of nitrogens with two attached hydrogens (primary N) is 1. The maximum atomic E-state index is 12.3. The molecule has 2 aromatic rings. The summed E-state index contributed by atoms with van der Waals surface area (Å²) in [7, 11) is 0. The third-order valence-electron chi connectivity index (χ3n) is 4.37. The van der Waals surface area contributed by atoms with Crippen molar-refractivity contribution in [2.45, 2.75) is 32.0 Å². The van der Waals surface area contributed by atoms with E-state index in [0.29, 0.717) is 22.9 Å². The van der Waals surface area contributed by atoms with Gasteiger partial charge in [0, 0.05) is 6.61 Å². The fourth-order valence-electron chi connectivity index (χ4n) is 2.75. The average Bonchev–Trinajstić information content (AvgIpc) is 3.38. The van der Waals surface area contributed by atoms with Crippen LogP contribution in [0.25, 0.3) is 0 Å². The summed E-state index contributed by atoms with van der Waals surface area (Å²) < 4.78 is 16.4. The van der Waals surface area contributed by atoms with Crippen molar-refractivity contribution < 1.29 is 28.6 Å². The van der Waals surface area contributed by atoms with E-state index < -0.39 is 23.9 Å². The van der Waals surface area contributed by atoms with Crippen molar-refractivity contribution >= 4 is 34.1 Å². The fraction of sp³-hybridized carbons (Fsp3) is 0.350. The topological polar surface area (TPSA) is 117 Å². The molecule has 0 spiro atoms. The van der Waals surface area contributed by atoms with Gasteiger partial charge in [0.15, 0.2) is 6.10 Å². The Labute approximate surface area is 171 Å². The minimum Gasteiger partial charge on any atom is -0.491 e. The molecule has 1 aliphatic rings. The SMILES string of the molecule is CC(OC(=O)c1ccc(OCC2CCCO2)cc1)C(=O)Nc1sccc1C(N)=O. The van der Waals surface area contributed by atoms with Crippen LogP contribution in [0.5, 0.6) is 5.75 Å². The first kappa shape index (κ1) is 20.8. The molecule has 0 radical (unpaired) electrons. The lowest BCUT2D eigenvalue weighted by Crippen LogP contribution is -2.30. The summed E-state index contributed by atoms with van der Waals surface area (Å²) in [6.45, 7) is 2.68. The van der Waals surface area contributed by atoms with E-state index in [1.807, 2.05) is 0 Å². The minimum absolute atomic E-state index is 0.109. The Kier molecular flexibility index (Phi) is 6.84. The largest absolute Gasteiger partial charge is 0.491 e. The van der Waals surface area contributed by atoms with Gasteiger partial charge in [0.25, 0.3) is 11.8 Å². The Hall–Kier alpha value is -2.91. The summed E-state index contributed by atoms with van der Waals surface area (Å²) in [5.74, 6) is -1.22. The highest BCUT2D eigenvalue weighted by Gasteiger charge is 2.21. The maximum Gasteiger partial charge on any atom is 0.338 e. The Morgan fingerprint density at radius 3 is 2.69 bits per heavy atom. The standard InChI is InChI=1S/C20H22N2O6S/c1-12(18(24)22-19-16(17(21)23)8-10-29-19)28-20(25)13-4-6-14(7-5-13)27-11-15-3-2-9-26-15/h4-8,10,12,15H,2-3,9,11H2,1H3,(H2,21,23)(H,22,24). The normalized spacial score (nSPS) is 16.8. The number of hydrogen-bond donors (Lipinski definition) is 2. The van der Waals surface area contributed by atoms with Gasteiger partial charge in [0.05, 0.1) is 17.2 Å². The number of primary amides is 1. The number of thiophene rings is 1. The van der Waals surface area contributed by atoms with Crippen molar-refractivity contribution in [1.29, 1.82) is 0 Å². The summed E-state index contributed by atoms with van der Waals surface area (Å²) in [5, 5.41) is 4.50. The first-order valence-electron chi connectivity index (χ1n) is 9.17. The number of carbonyl (C=O) groups is 3. The number of nitrogens with one attached hydrogen (secondary N) is 1. The van der Waals surface area contributed by atoms with Gasteiger partial charge in [-0.1, -0.05) is 0 Å².